The first kappa shape index (κ1) is 11.2. The van der Waals surface area contributed by atoms with Crippen molar-refractivity contribution >= 4 is 11.6 Å². The summed E-state index contributed by atoms with van der Waals surface area (Å²) in [7, 11) is 2.10. The summed E-state index contributed by atoms with van der Waals surface area (Å²) in [5, 5.41) is 0. The molecule has 0 aliphatic heterocycles. The van der Waals surface area contributed by atoms with E-state index in [1.165, 1.54) is 19.3 Å². The van der Waals surface area contributed by atoms with Gasteiger partial charge in [0.1, 0.15) is 18.0 Å². The molecule has 0 saturated heterocycles. The normalized spacial score (nSPS) is 15.9. The van der Waals surface area contributed by atoms with Crippen LogP contribution in [-0.4, -0.2) is 23.6 Å². The third-order valence-electron chi connectivity index (χ3n) is 3.43. The van der Waals surface area contributed by atoms with Crippen molar-refractivity contribution in [2.24, 2.45) is 5.92 Å². The molecule has 1 heterocycles. The van der Waals surface area contributed by atoms with E-state index < -0.39 is 0 Å². The zero-order valence-electron chi connectivity index (χ0n) is 10.1. The molecule has 4 heteroatoms. The molecule has 1 aromatic rings. The number of nitrogens with two attached hydrogens (primary N) is 1. The average Bonchev–Trinajstić information content (AvgIpc) is 2.22. The SMILES string of the molecule is CCc1c(N)ncnc1N(C)CC1CCC1. The molecule has 0 radical (unpaired) electrons. The van der Waals surface area contributed by atoms with Crippen molar-refractivity contribution in [3.63, 3.8) is 0 Å². The maximum Gasteiger partial charge on any atom is 0.137 e. The lowest BCUT2D eigenvalue weighted by atomic mass is 9.85. The lowest BCUT2D eigenvalue weighted by Gasteiger charge is -2.31. The van der Waals surface area contributed by atoms with Crippen LogP contribution in [0.3, 0.4) is 0 Å². The van der Waals surface area contributed by atoms with Crippen molar-refractivity contribution in [2.45, 2.75) is 32.6 Å². The van der Waals surface area contributed by atoms with E-state index in [-0.39, 0.29) is 0 Å². The Morgan fingerprint density at radius 1 is 1.44 bits per heavy atom. The number of rotatable bonds is 4. The van der Waals surface area contributed by atoms with Crippen molar-refractivity contribution < 1.29 is 0 Å². The van der Waals surface area contributed by atoms with Crippen LogP contribution < -0.4 is 10.6 Å². The highest BCUT2D eigenvalue weighted by Crippen LogP contribution is 2.29. The minimum atomic E-state index is 0.618. The van der Waals surface area contributed by atoms with Crippen molar-refractivity contribution in [2.75, 3.05) is 24.2 Å². The van der Waals surface area contributed by atoms with Crippen LogP contribution in [0.1, 0.15) is 31.7 Å². The molecule has 1 aliphatic carbocycles. The van der Waals surface area contributed by atoms with E-state index in [0.717, 1.165) is 30.3 Å². The van der Waals surface area contributed by atoms with Gasteiger partial charge in [0.15, 0.2) is 0 Å². The van der Waals surface area contributed by atoms with Gasteiger partial charge in [0, 0.05) is 19.2 Å². The van der Waals surface area contributed by atoms with Crippen LogP contribution in [0.2, 0.25) is 0 Å². The fraction of sp³-hybridized carbons (Fsp3) is 0.667. The van der Waals surface area contributed by atoms with Gasteiger partial charge in [-0.3, -0.25) is 0 Å². The highest BCUT2D eigenvalue weighted by atomic mass is 15.2. The minimum Gasteiger partial charge on any atom is -0.383 e. The summed E-state index contributed by atoms with van der Waals surface area (Å²) in [5.74, 6) is 2.46. The molecular formula is C12H20N4. The third kappa shape index (κ3) is 2.10. The van der Waals surface area contributed by atoms with E-state index in [1.807, 2.05) is 0 Å². The molecule has 0 aromatic carbocycles. The lowest BCUT2D eigenvalue weighted by molar-refractivity contribution is 0.321. The summed E-state index contributed by atoms with van der Waals surface area (Å²) in [6.45, 7) is 3.18. The molecule has 16 heavy (non-hydrogen) atoms. The first-order valence-corrected chi connectivity index (χ1v) is 6.02. The third-order valence-corrected chi connectivity index (χ3v) is 3.43. The van der Waals surface area contributed by atoms with Crippen LogP contribution in [0.4, 0.5) is 11.6 Å². The summed E-state index contributed by atoms with van der Waals surface area (Å²) < 4.78 is 0. The van der Waals surface area contributed by atoms with Crippen LogP contribution >= 0.6 is 0 Å². The van der Waals surface area contributed by atoms with E-state index in [1.54, 1.807) is 6.33 Å². The van der Waals surface area contributed by atoms with Crippen molar-refractivity contribution in [1.82, 2.24) is 9.97 Å². The standard InChI is InChI=1S/C12H20N4/c1-3-10-11(13)14-8-15-12(10)16(2)7-9-5-4-6-9/h8-9H,3-7H2,1-2H3,(H2,13,14,15). The van der Waals surface area contributed by atoms with Crippen LogP contribution in [0, 0.1) is 5.92 Å². The molecule has 1 fully saturated rings. The molecular weight excluding hydrogens is 200 g/mol. The summed E-state index contributed by atoms with van der Waals surface area (Å²) in [6, 6.07) is 0. The highest BCUT2D eigenvalue weighted by Gasteiger charge is 2.21. The molecule has 1 aliphatic rings. The van der Waals surface area contributed by atoms with E-state index in [9.17, 15) is 0 Å². The second-order valence-corrected chi connectivity index (χ2v) is 4.59. The van der Waals surface area contributed by atoms with Gasteiger partial charge in [0.25, 0.3) is 0 Å². The topological polar surface area (TPSA) is 55.0 Å². The van der Waals surface area contributed by atoms with Gasteiger partial charge >= 0.3 is 0 Å². The first-order chi connectivity index (χ1) is 7.72. The molecule has 0 amide bonds. The van der Waals surface area contributed by atoms with Crippen molar-refractivity contribution in [3.05, 3.63) is 11.9 Å². The Balaban J connectivity index is 2.14. The molecule has 1 saturated carbocycles. The smallest absolute Gasteiger partial charge is 0.137 e. The van der Waals surface area contributed by atoms with E-state index >= 15 is 0 Å². The summed E-state index contributed by atoms with van der Waals surface area (Å²) >= 11 is 0. The largest absolute Gasteiger partial charge is 0.383 e. The van der Waals surface area contributed by atoms with Gasteiger partial charge in [0.2, 0.25) is 0 Å². The van der Waals surface area contributed by atoms with Gasteiger partial charge in [0.05, 0.1) is 0 Å². The first-order valence-electron chi connectivity index (χ1n) is 6.02. The second kappa shape index (κ2) is 4.68. The zero-order chi connectivity index (χ0) is 11.5. The van der Waals surface area contributed by atoms with Gasteiger partial charge < -0.3 is 10.6 Å². The number of nitrogen functional groups attached to an aromatic ring is 1. The number of nitrogens with zero attached hydrogens (tertiary/aromatic N) is 3. The number of hydrogen-bond acceptors (Lipinski definition) is 4. The van der Waals surface area contributed by atoms with E-state index in [4.69, 9.17) is 5.73 Å². The predicted molar refractivity (Wildman–Crippen MR) is 66.4 cm³/mol. The van der Waals surface area contributed by atoms with E-state index in [2.05, 4.69) is 28.8 Å². The van der Waals surface area contributed by atoms with Gasteiger partial charge in [-0.15, -0.1) is 0 Å². The Labute approximate surface area is 96.9 Å². The molecule has 4 nitrogen and oxygen atoms in total. The lowest BCUT2D eigenvalue weighted by Crippen LogP contribution is -2.30. The molecule has 88 valence electrons. The zero-order valence-corrected chi connectivity index (χ0v) is 10.1. The molecule has 0 unspecified atom stereocenters. The molecule has 1 aromatic heterocycles. The van der Waals surface area contributed by atoms with Crippen LogP contribution in [0.15, 0.2) is 6.33 Å². The number of aromatic nitrogens is 2. The monoisotopic (exact) mass is 220 g/mol. The fourth-order valence-corrected chi connectivity index (χ4v) is 2.23. The van der Waals surface area contributed by atoms with Crippen molar-refractivity contribution in [1.29, 1.82) is 0 Å². The summed E-state index contributed by atoms with van der Waals surface area (Å²) in [6.07, 6.45) is 6.53. The Bertz CT molecular complexity index is 360. The Kier molecular flexibility index (Phi) is 3.27. The summed E-state index contributed by atoms with van der Waals surface area (Å²) in [4.78, 5) is 10.6. The number of anilines is 2. The number of hydrogen-bond donors (Lipinski definition) is 1. The molecule has 2 N–H and O–H groups in total. The Hall–Kier alpha value is -1.32. The van der Waals surface area contributed by atoms with Crippen LogP contribution in [-0.2, 0) is 6.42 Å². The minimum absolute atomic E-state index is 0.618. The van der Waals surface area contributed by atoms with Crippen molar-refractivity contribution in [3.8, 4) is 0 Å². The molecule has 0 bridgehead atoms. The predicted octanol–water partition coefficient (Wildman–Crippen LogP) is 1.86. The van der Waals surface area contributed by atoms with Crippen LogP contribution in [0.5, 0.6) is 0 Å². The van der Waals surface area contributed by atoms with Crippen LogP contribution in [0.25, 0.3) is 0 Å². The molecule has 0 spiro atoms. The Morgan fingerprint density at radius 3 is 2.75 bits per heavy atom. The Morgan fingerprint density at radius 2 is 2.19 bits per heavy atom. The van der Waals surface area contributed by atoms with E-state index in [0.29, 0.717) is 5.82 Å². The van der Waals surface area contributed by atoms with Gasteiger partial charge in [-0.1, -0.05) is 13.3 Å². The highest BCUT2D eigenvalue weighted by molar-refractivity contribution is 5.56. The van der Waals surface area contributed by atoms with Gasteiger partial charge in [-0.05, 0) is 25.2 Å². The van der Waals surface area contributed by atoms with Gasteiger partial charge in [-0.2, -0.15) is 0 Å². The maximum atomic E-state index is 5.87. The average molecular weight is 220 g/mol. The fourth-order valence-electron chi connectivity index (χ4n) is 2.23. The molecule has 2 rings (SSSR count). The maximum absolute atomic E-state index is 5.87. The quantitative estimate of drug-likeness (QED) is 0.841. The van der Waals surface area contributed by atoms with Gasteiger partial charge in [-0.25, -0.2) is 9.97 Å². The second-order valence-electron chi connectivity index (χ2n) is 4.59. The summed E-state index contributed by atoms with van der Waals surface area (Å²) in [5.41, 5.74) is 6.94. The molecule has 0 atom stereocenters.